The lowest BCUT2D eigenvalue weighted by Gasteiger charge is -2.31. The summed E-state index contributed by atoms with van der Waals surface area (Å²) in [5.74, 6) is 4.77. The molecule has 0 saturated carbocycles. The predicted octanol–water partition coefficient (Wildman–Crippen LogP) is 1.00. The molecule has 110 valence electrons. The van der Waals surface area contributed by atoms with Crippen LogP contribution in [0.15, 0.2) is 24.3 Å². The van der Waals surface area contributed by atoms with Crippen molar-refractivity contribution < 1.29 is 9.53 Å². The van der Waals surface area contributed by atoms with Gasteiger partial charge in [0.25, 0.3) is 0 Å². The molecule has 3 N–H and O–H groups in total. The lowest BCUT2D eigenvalue weighted by molar-refractivity contribution is -0.122. The number of nitrogens with zero attached hydrogens (tertiary/aromatic N) is 1. The van der Waals surface area contributed by atoms with E-state index in [0.717, 1.165) is 31.8 Å². The van der Waals surface area contributed by atoms with Crippen molar-refractivity contribution in [3.63, 3.8) is 0 Å². The quantitative estimate of drug-likeness (QED) is 0.489. The second-order valence-electron chi connectivity index (χ2n) is 5.39. The first kappa shape index (κ1) is 15.0. The van der Waals surface area contributed by atoms with Crippen molar-refractivity contribution in [1.82, 2.24) is 10.3 Å². The summed E-state index contributed by atoms with van der Waals surface area (Å²) in [4.78, 5) is 13.9. The minimum atomic E-state index is -0.225. The molecule has 0 spiro atoms. The normalized spacial score (nSPS) is 21.4. The third kappa shape index (κ3) is 3.79. The third-order valence-electron chi connectivity index (χ3n) is 3.75. The van der Waals surface area contributed by atoms with Crippen molar-refractivity contribution in [3.8, 4) is 0 Å². The molecule has 1 aliphatic rings. The number of carbonyl (C=O) groups excluding carboxylic acids is 1. The zero-order valence-electron chi connectivity index (χ0n) is 12.1. The average molecular weight is 277 g/mol. The van der Waals surface area contributed by atoms with Gasteiger partial charge in [0.1, 0.15) is 0 Å². The van der Waals surface area contributed by atoms with E-state index < -0.39 is 0 Å². The Bertz CT molecular complexity index is 447. The Kier molecular flexibility index (Phi) is 5.11. The van der Waals surface area contributed by atoms with Gasteiger partial charge in [-0.3, -0.25) is 15.1 Å². The van der Waals surface area contributed by atoms with Crippen LogP contribution >= 0.6 is 0 Å². The van der Waals surface area contributed by atoms with Gasteiger partial charge in [-0.15, -0.1) is 0 Å². The fourth-order valence-electron chi connectivity index (χ4n) is 2.48. The molecule has 2 rings (SSSR count). The largest absolute Gasteiger partial charge is 0.376 e. The lowest BCUT2D eigenvalue weighted by Crippen LogP contribution is -2.40. The molecule has 1 aromatic carbocycles. The third-order valence-corrected chi connectivity index (χ3v) is 3.75. The van der Waals surface area contributed by atoms with Crippen LogP contribution in [0.3, 0.4) is 0 Å². The molecule has 5 heteroatoms. The number of hydrogen-bond acceptors (Lipinski definition) is 4. The number of nitrogens with one attached hydrogen (secondary N) is 1. The van der Waals surface area contributed by atoms with Gasteiger partial charge in [0.2, 0.25) is 5.91 Å². The van der Waals surface area contributed by atoms with Gasteiger partial charge in [0.15, 0.2) is 0 Å². The minimum absolute atomic E-state index is 0.167. The Balaban J connectivity index is 1.96. The molecule has 2 unspecified atom stereocenters. The zero-order valence-corrected chi connectivity index (χ0v) is 12.1. The molecule has 1 amide bonds. The van der Waals surface area contributed by atoms with E-state index in [1.807, 2.05) is 19.1 Å². The van der Waals surface area contributed by atoms with Crippen molar-refractivity contribution in [2.45, 2.75) is 32.4 Å². The van der Waals surface area contributed by atoms with E-state index in [-0.39, 0.29) is 11.8 Å². The highest BCUT2D eigenvalue weighted by Crippen LogP contribution is 2.17. The Morgan fingerprint density at radius 2 is 2.20 bits per heavy atom. The average Bonchev–Trinajstić information content (AvgIpc) is 2.46. The monoisotopic (exact) mass is 277 g/mol. The summed E-state index contributed by atoms with van der Waals surface area (Å²) in [6, 6.07) is 8.16. The summed E-state index contributed by atoms with van der Waals surface area (Å²) in [5, 5.41) is 0. The van der Waals surface area contributed by atoms with Crippen LogP contribution in [0.2, 0.25) is 0 Å². The summed E-state index contributed by atoms with van der Waals surface area (Å²) in [7, 11) is 0. The lowest BCUT2D eigenvalue weighted by atomic mass is 9.99. The molecule has 0 aromatic heterocycles. The van der Waals surface area contributed by atoms with Crippen LogP contribution in [0, 0.1) is 0 Å². The van der Waals surface area contributed by atoms with Crippen molar-refractivity contribution in [3.05, 3.63) is 35.4 Å². The van der Waals surface area contributed by atoms with Gasteiger partial charge >= 0.3 is 0 Å². The van der Waals surface area contributed by atoms with Crippen molar-refractivity contribution in [2.24, 2.45) is 5.84 Å². The molecule has 1 aromatic rings. The van der Waals surface area contributed by atoms with Crippen molar-refractivity contribution in [1.29, 1.82) is 0 Å². The Hall–Kier alpha value is -1.43. The summed E-state index contributed by atoms with van der Waals surface area (Å²) in [6.45, 7) is 7.60. The topological polar surface area (TPSA) is 67.6 Å². The molecule has 20 heavy (non-hydrogen) atoms. The van der Waals surface area contributed by atoms with Gasteiger partial charge in [0, 0.05) is 19.6 Å². The molecular formula is C15H23N3O2. The Morgan fingerprint density at radius 1 is 1.50 bits per heavy atom. The molecule has 0 aliphatic carbocycles. The fraction of sp³-hybridized carbons (Fsp3) is 0.533. The van der Waals surface area contributed by atoms with E-state index in [4.69, 9.17) is 10.6 Å². The number of hydrogen-bond donors (Lipinski definition) is 2. The summed E-state index contributed by atoms with van der Waals surface area (Å²) < 4.78 is 5.54. The molecule has 1 aliphatic heterocycles. The van der Waals surface area contributed by atoms with Gasteiger partial charge in [-0.1, -0.05) is 24.3 Å². The van der Waals surface area contributed by atoms with E-state index in [1.165, 1.54) is 5.56 Å². The van der Waals surface area contributed by atoms with Crippen molar-refractivity contribution in [2.75, 3.05) is 19.7 Å². The number of rotatable bonds is 4. The maximum absolute atomic E-state index is 11.5. The summed E-state index contributed by atoms with van der Waals surface area (Å²) in [6.07, 6.45) is 0.302. The van der Waals surface area contributed by atoms with Gasteiger partial charge in [-0.2, -0.15) is 0 Å². The predicted molar refractivity (Wildman–Crippen MR) is 77.9 cm³/mol. The maximum Gasteiger partial charge on any atom is 0.241 e. The number of nitrogens with two attached hydrogens (primary N) is 1. The second-order valence-corrected chi connectivity index (χ2v) is 5.39. The first-order valence-corrected chi connectivity index (χ1v) is 7.03. The Labute approximate surface area is 120 Å². The van der Waals surface area contributed by atoms with Crippen LogP contribution in [0.1, 0.15) is 30.9 Å². The highest BCUT2D eigenvalue weighted by molar-refractivity contribution is 5.82. The molecule has 1 fully saturated rings. The summed E-state index contributed by atoms with van der Waals surface area (Å²) in [5.41, 5.74) is 4.42. The minimum Gasteiger partial charge on any atom is -0.376 e. The second kappa shape index (κ2) is 6.83. The molecule has 2 atom stereocenters. The molecule has 5 nitrogen and oxygen atoms in total. The number of morpholine rings is 1. The highest BCUT2D eigenvalue weighted by Gasteiger charge is 2.17. The fourth-order valence-corrected chi connectivity index (χ4v) is 2.48. The zero-order chi connectivity index (χ0) is 14.5. The first-order valence-electron chi connectivity index (χ1n) is 7.03. The molecule has 0 radical (unpaired) electrons. The molecule has 0 bridgehead atoms. The van der Waals surface area contributed by atoms with Crippen LogP contribution in [-0.2, 0) is 16.1 Å². The van der Waals surface area contributed by atoms with E-state index >= 15 is 0 Å². The van der Waals surface area contributed by atoms with E-state index in [9.17, 15) is 4.79 Å². The van der Waals surface area contributed by atoms with Crippen LogP contribution in [0.5, 0.6) is 0 Å². The van der Waals surface area contributed by atoms with E-state index in [2.05, 4.69) is 29.4 Å². The molecule has 1 heterocycles. The van der Waals surface area contributed by atoms with Crippen LogP contribution < -0.4 is 11.3 Å². The van der Waals surface area contributed by atoms with Gasteiger partial charge in [-0.05, 0) is 25.0 Å². The van der Waals surface area contributed by atoms with Gasteiger partial charge < -0.3 is 4.74 Å². The van der Waals surface area contributed by atoms with E-state index in [0.29, 0.717) is 6.10 Å². The number of benzene rings is 1. The van der Waals surface area contributed by atoms with Gasteiger partial charge in [0.05, 0.1) is 18.6 Å². The number of amides is 1. The Morgan fingerprint density at radius 3 is 2.80 bits per heavy atom. The van der Waals surface area contributed by atoms with Crippen LogP contribution in [0.25, 0.3) is 0 Å². The van der Waals surface area contributed by atoms with Crippen LogP contribution in [-0.4, -0.2) is 36.6 Å². The van der Waals surface area contributed by atoms with Gasteiger partial charge in [-0.25, -0.2) is 5.84 Å². The number of hydrazine groups is 1. The SMILES string of the molecule is CC1CN(Cc2ccc(C(C)C(=O)NN)cc2)CCO1. The highest BCUT2D eigenvalue weighted by atomic mass is 16.5. The maximum atomic E-state index is 11.5. The summed E-state index contributed by atoms with van der Waals surface area (Å²) >= 11 is 0. The smallest absolute Gasteiger partial charge is 0.241 e. The number of carbonyl (C=O) groups is 1. The first-order chi connectivity index (χ1) is 9.60. The van der Waals surface area contributed by atoms with Crippen molar-refractivity contribution >= 4 is 5.91 Å². The number of ether oxygens (including phenoxy) is 1. The molecule has 1 saturated heterocycles. The molecular weight excluding hydrogens is 254 g/mol. The standard InChI is InChI=1S/C15H23N3O2/c1-11-9-18(7-8-20-11)10-13-3-5-14(6-4-13)12(2)15(19)17-16/h3-6,11-12H,7-10,16H2,1-2H3,(H,17,19). The van der Waals surface area contributed by atoms with Crippen LogP contribution in [0.4, 0.5) is 0 Å². The van der Waals surface area contributed by atoms with E-state index in [1.54, 1.807) is 0 Å².